The minimum atomic E-state index is -0.355. The van der Waals surface area contributed by atoms with Crippen LogP contribution in [0.5, 0.6) is 0 Å². The van der Waals surface area contributed by atoms with Crippen LogP contribution in [0.4, 0.5) is 0 Å². The zero-order chi connectivity index (χ0) is 13.2. The van der Waals surface area contributed by atoms with Gasteiger partial charge < -0.3 is 19.5 Å². The van der Waals surface area contributed by atoms with E-state index in [1.54, 1.807) is 0 Å². The lowest BCUT2D eigenvalue weighted by Crippen LogP contribution is -2.45. The number of imidazole rings is 1. The number of aryl methyl sites for hydroxylation is 1. The Hall–Kier alpha value is -0.910. The standard InChI is InChI=1S/C14H24N4O/c1-16-7-9-17(10-8-16)6-4-12-11-18-5-2-3-13(19)14(18)15-12/h11,13,19H,2-10H2,1H3. The number of rotatable bonds is 3. The van der Waals surface area contributed by atoms with Crippen LogP contribution in [0, 0.1) is 0 Å². The molecule has 1 atom stereocenters. The maximum Gasteiger partial charge on any atom is 0.137 e. The zero-order valence-corrected chi connectivity index (χ0v) is 11.8. The molecule has 1 saturated heterocycles. The summed E-state index contributed by atoms with van der Waals surface area (Å²) in [5, 5.41) is 9.92. The molecule has 1 fully saturated rings. The Morgan fingerprint density at radius 1 is 1.26 bits per heavy atom. The molecule has 1 unspecified atom stereocenters. The van der Waals surface area contributed by atoms with E-state index >= 15 is 0 Å². The molecule has 5 nitrogen and oxygen atoms in total. The third kappa shape index (κ3) is 2.99. The third-order valence-corrected chi connectivity index (χ3v) is 4.31. The Morgan fingerprint density at radius 3 is 2.79 bits per heavy atom. The third-order valence-electron chi connectivity index (χ3n) is 4.31. The summed E-state index contributed by atoms with van der Waals surface area (Å²) in [5.41, 5.74) is 1.13. The number of hydrogen-bond acceptors (Lipinski definition) is 4. The molecule has 106 valence electrons. The van der Waals surface area contributed by atoms with E-state index in [9.17, 15) is 5.11 Å². The van der Waals surface area contributed by atoms with Gasteiger partial charge in [-0.1, -0.05) is 0 Å². The van der Waals surface area contributed by atoms with Gasteiger partial charge in [-0.2, -0.15) is 0 Å². The maximum absolute atomic E-state index is 9.92. The molecule has 1 aromatic heterocycles. The number of piperazine rings is 1. The van der Waals surface area contributed by atoms with Gasteiger partial charge in [-0.25, -0.2) is 4.98 Å². The largest absolute Gasteiger partial charge is 0.385 e. The van der Waals surface area contributed by atoms with E-state index in [1.165, 1.54) is 13.1 Å². The van der Waals surface area contributed by atoms with Crippen LogP contribution in [0.15, 0.2) is 6.20 Å². The first-order valence-corrected chi connectivity index (χ1v) is 7.37. The number of aliphatic hydroxyl groups is 1. The summed E-state index contributed by atoms with van der Waals surface area (Å²) >= 11 is 0. The van der Waals surface area contributed by atoms with Crippen molar-refractivity contribution in [1.82, 2.24) is 19.4 Å². The summed E-state index contributed by atoms with van der Waals surface area (Å²) in [6, 6.07) is 0. The van der Waals surface area contributed by atoms with Crippen molar-refractivity contribution in [3.05, 3.63) is 17.7 Å². The van der Waals surface area contributed by atoms with Gasteiger partial charge in [0.25, 0.3) is 0 Å². The van der Waals surface area contributed by atoms with E-state index < -0.39 is 0 Å². The molecule has 0 radical (unpaired) electrons. The van der Waals surface area contributed by atoms with Crippen molar-refractivity contribution in [3.63, 3.8) is 0 Å². The highest BCUT2D eigenvalue weighted by molar-refractivity contribution is 5.08. The van der Waals surface area contributed by atoms with Crippen LogP contribution < -0.4 is 0 Å². The average molecular weight is 264 g/mol. The summed E-state index contributed by atoms with van der Waals surface area (Å²) in [6.07, 6.45) is 4.69. The molecule has 2 aliphatic rings. The SMILES string of the molecule is CN1CCN(CCc2cn3c(n2)C(O)CCC3)CC1. The van der Waals surface area contributed by atoms with Crippen molar-refractivity contribution in [2.24, 2.45) is 0 Å². The molecule has 5 heteroatoms. The molecular formula is C14H24N4O. The number of fused-ring (bicyclic) bond motifs is 1. The van der Waals surface area contributed by atoms with Crippen LogP contribution in [0.1, 0.15) is 30.5 Å². The summed E-state index contributed by atoms with van der Waals surface area (Å²) < 4.78 is 2.13. The van der Waals surface area contributed by atoms with E-state index in [0.29, 0.717) is 0 Å². The number of aliphatic hydroxyl groups excluding tert-OH is 1. The van der Waals surface area contributed by atoms with Crippen molar-refractivity contribution >= 4 is 0 Å². The lowest BCUT2D eigenvalue weighted by Gasteiger charge is -2.32. The summed E-state index contributed by atoms with van der Waals surface area (Å²) in [6.45, 7) is 6.74. The van der Waals surface area contributed by atoms with Crippen molar-refractivity contribution in [2.45, 2.75) is 31.9 Å². The van der Waals surface area contributed by atoms with E-state index in [1.807, 2.05) is 0 Å². The first-order valence-electron chi connectivity index (χ1n) is 7.37. The molecule has 0 aliphatic carbocycles. The molecule has 3 rings (SSSR count). The van der Waals surface area contributed by atoms with Gasteiger partial charge in [0.05, 0.1) is 5.69 Å². The summed E-state index contributed by atoms with van der Waals surface area (Å²) in [4.78, 5) is 9.49. The van der Waals surface area contributed by atoms with Crippen LogP contribution in [0.2, 0.25) is 0 Å². The fourth-order valence-corrected chi connectivity index (χ4v) is 2.98. The smallest absolute Gasteiger partial charge is 0.137 e. The first kappa shape index (κ1) is 13.1. The molecule has 0 bridgehead atoms. The monoisotopic (exact) mass is 264 g/mol. The second kappa shape index (κ2) is 5.61. The molecular weight excluding hydrogens is 240 g/mol. The van der Waals surface area contributed by atoms with Gasteiger partial charge in [0.2, 0.25) is 0 Å². The predicted octanol–water partition coefficient (Wildman–Crippen LogP) is 0.500. The molecule has 1 N–H and O–H groups in total. The number of likely N-dealkylation sites (N-methyl/N-ethyl adjacent to an activating group) is 1. The summed E-state index contributed by atoms with van der Waals surface area (Å²) in [7, 11) is 2.18. The quantitative estimate of drug-likeness (QED) is 0.863. The van der Waals surface area contributed by atoms with Crippen molar-refractivity contribution < 1.29 is 5.11 Å². The normalized spacial score (nSPS) is 25.5. The van der Waals surface area contributed by atoms with Crippen molar-refractivity contribution in [2.75, 3.05) is 39.8 Å². The molecule has 2 aliphatic heterocycles. The van der Waals surface area contributed by atoms with E-state index in [0.717, 1.165) is 57.0 Å². The Morgan fingerprint density at radius 2 is 2.05 bits per heavy atom. The number of nitrogens with zero attached hydrogens (tertiary/aromatic N) is 4. The van der Waals surface area contributed by atoms with Crippen LogP contribution in [0.3, 0.4) is 0 Å². The highest BCUT2D eigenvalue weighted by Gasteiger charge is 2.21. The van der Waals surface area contributed by atoms with Gasteiger partial charge in [-0.05, 0) is 19.9 Å². The van der Waals surface area contributed by atoms with Gasteiger partial charge in [-0.15, -0.1) is 0 Å². The van der Waals surface area contributed by atoms with Crippen LogP contribution in [-0.4, -0.2) is 64.2 Å². The molecule has 3 heterocycles. The van der Waals surface area contributed by atoms with Crippen LogP contribution in [-0.2, 0) is 13.0 Å². The minimum Gasteiger partial charge on any atom is -0.385 e. The number of hydrogen-bond donors (Lipinski definition) is 1. The van der Waals surface area contributed by atoms with Gasteiger partial charge in [0.1, 0.15) is 11.9 Å². The Labute approximate surface area is 114 Å². The van der Waals surface area contributed by atoms with E-state index in [2.05, 4.69) is 32.6 Å². The Bertz CT molecular complexity index is 423. The van der Waals surface area contributed by atoms with Gasteiger partial charge in [0, 0.05) is 51.9 Å². The van der Waals surface area contributed by atoms with Crippen molar-refractivity contribution in [3.8, 4) is 0 Å². The van der Waals surface area contributed by atoms with Crippen molar-refractivity contribution in [1.29, 1.82) is 0 Å². The van der Waals surface area contributed by atoms with Gasteiger partial charge in [-0.3, -0.25) is 0 Å². The molecule has 19 heavy (non-hydrogen) atoms. The highest BCUT2D eigenvalue weighted by Crippen LogP contribution is 2.24. The predicted molar refractivity (Wildman–Crippen MR) is 74.1 cm³/mol. The molecule has 1 aromatic rings. The second-order valence-corrected chi connectivity index (χ2v) is 5.84. The Kier molecular flexibility index (Phi) is 3.86. The molecule has 0 aromatic carbocycles. The zero-order valence-electron chi connectivity index (χ0n) is 11.8. The minimum absolute atomic E-state index is 0.355. The lowest BCUT2D eigenvalue weighted by molar-refractivity contribution is 0.133. The highest BCUT2D eigenvalue weighted by atomic mass is 16.3. The van der Waals surface area contributed by atoms with E-state index in [-0.39, 0.29) is 6.10 Å². The fraction of sp³-hybridized carbons (Fsp3) is 0.786. The average Bonchev–Trinajstić information content (AvgIpc) is 2.83. The van der Waals surface area contributed by atoms with Gasteiger partial charge >= 0.3 is 0 Å². The molecule has 0 spiro atoms. The molecule has 0 amide bonds. The van der Waals surface area contributed by atoms with Crippen LogP contribution in [0.25, 0.3) is 0 Å². The van der Waals surface area contributed by atoms with Crippen LogP contribution >= 0.6 is 0 Å². The fourth-order valence-electron chi connectivity index (χ4n) is 2.98. The Balaban J connectivity index is 1.56. The summed E-state index contributed by atoms with van der Waals surface area (Å²) in [5.74, 6) is 0.875. The topological polar surface area (TPSA) is 44.5 Å². The van der Waals surface area contributed by atoms with E-state index in [4.69, 9.17) is 0 Å². The second-order valence-electron chi connectivity index (χ2n) is 5.84. The van der Waals surface area contributed by atoms with Gasteiger partial charge in [0.15, 0.2) is 0 Å². The first-order chi connectivity index (χ1) is 9.22. The number of aromatic nitrogens is 2. The lowest BCUT2D eigenvalue weighted by atomic mass is 10.1. The maximum atomic E-state index is 9.92. The molecule has 0 saturated carbocycles.